The molecule has 0 aliphatic carbocycles. The summed E-state index contributed by atoms with van der Waals surface area (Å²) in [6, 6.07) is 6.76. The van der Waals surface area contributed by atoms with Crippen LogP contribution in [0.3, 0.4) is 0 Å². The normalized spacial score (nSPS) is 7.58. The Morgan fingerprint density at radius 3 is 2.50 bits per heavy atom. The fourth-order valence-corrected chi connectivity index (χ4v) is 0.732. The highest BCUT2D eigenvalue weighted by atomic mass is 16.1. The maximum absolute atomic E-state index is 9.88. The fourth-order valence-electron chi connectivity index (χ4n) is 0.732. The Kier molecular flexibility index (Phi) is 2.65. The molecule has 0 N–H and O–H groups in total. The molecule has 0 saturated heterocycles. The molecule has 2 nitrogen and oxygen atoms in total. The molecule has 0 bridgehead atoms. The molecular formula is C10H5NO. The number of hydrogen-bond donors (Lipinski definition) is 0. The Balaban J connectivity index is 2.94. The second kappa shape index (κ2) is 3.95. The molecule has 2 heteroatoms. The number of aldehydes is 1. The zero-order chi connectivity index (χ0) is 8.81. The van der Waals surface area contributed by atoms with E-state index in [4.69, 9.17) is 6.57 Å². The van der Waals surface area contributed by atoms with Crippen LogP contribution in [0.25, 0.3) is 4.85 Å². The lowest BCUT2D eigenvalue weighted by atomic mass is 10.2. The van der Waals surface area contributed by atoms with Crippen molar-refractivity contribution in [3.8, 4) is 11.8 Å². The standard InChI is InChI=1S/C10H5NO/c1-11-10-6-4-9(5-7-10)3-2-8-12/h4-8H. The molecule has 0 amide bonds. The van der Waals surface area contributed by atoms with E-state index >= 15 is 0 Å². The minimum absolute atomic E-state index is 0.544. The summed E-state index contributed by atoms with van der Waals surface area (Å²) in [5.41, 5.74) is 1.32. The molecule has 0 unspecified atom stereocenters. The molecule has 1 aromatic rings. The number of hydrogen-bond acceptors (Lipinski definition) is 1. The summed E-state index contributed by atoms with van der Waals surface area (Å²) in [6.07, 6.45) is 0.544. The van der Waals surface area contributed by atoms with E-state index in [1.54, 1.807) is 24.3 Å². The number of rotatable bonds is 0. The minimum Gasteiger partial charge on any atom is -0.289 e. The molecule has 0 saturated carbocycles. The first-order valence-electron chi connectivity index (χ1n) is 3.29. The first-order valence-corrected chi connectivity index (χ1v) is 3.29. The minimum atomic E-state index is 0.544. The van der Waals surface area contributed by atoms with Crippen LogP contribution in [0.5, 0.6) is 0 Å². The first-order chi connectivity index (χ1) is 5.86. The molecule has 1 rings (SSSR count). The monoisotopic (exact) mass is 155 g/mol. The average Bonchev–Trinajstić information content (AvgIpc) is 2.15. The second-order valence-electron chi connectivity index (χ2n) is 2.05. The molecule has 0 aliphatic rings. The lowest BCUT2D eigenvalue weighted by Crippen LogP contribution is -1.71. The van der Waals surface area contributed by atoms with Crippen molar-refractivity contribution in [2.75, 3.05) is 0 Å². The van der Waals surface area contributed by atoms with E-state index < -0.39 is 0 Å². The molecular weight excluding hydrogens is 150 g/mol. The van der Waals surface area contributed by atoms with Crippen molar-refractivity contribution >= 4 is 12.0 Å². The highest BCUT2D eigenvalue weighted by Gasteiger charge is 1.88. The van der Waals surface area contributed by atoms with Crippen LogP contribution < -0.4 is 0 Å². The number of nitrogens with zero attached hydrogens (tertiary/aromatic N) is 1. The zero-order valence-corrected chi connectivity index (χ0v) is 6.24. The van der Waals surface area contributed by atoms with Crippen LogP contribution in [0, 0.1) is 18.4 Å². The van der Waals surface area contributed by atoms with Crippen molar-refractivity contribution in [3.05, 3.63) is 41.2 Å². The van der Waals surface area contributed by atoms with Crippen LogP contribution in [0.1, 0.15) is 5.56 Å². The molecule has 0 atom stereocenters. The fraction of sp³-hybridized carbons (Fsp3) is 0. The molecule has 1 aromatic carbocycles. The quantitative estimate of drug-likeness (QED) is 0.318. The summed E-state index contributed by atoms with van der Waals surface area (Å²) < 4.78 is 0. The number of benzene rings is 1. The van der Waals surface area contributed by atoms with Gasteiger partial charge in [0.15, 0.2) is 12.0 Å². The summed E-state index contributed by atoms with van der Waals surface area (Å²) >= 11 is 0. The Bertz CT molecular complexity index is 373. The van der Waals surface area contributed by atoms with E-state index in [1.165, 1.54) is 0 Å². The summed E-state index contributed by atoms with van der Waals surface area (Å²) in [5.74, 6) is 4.92. The highest BCUT2D eigenvalue weighted by Crippen LogP contribution is 2.11. The van der Waals surface area contributed by atoms with Gasteiger partial charge in [-0.3, -0.25) is 4.79 Å². The highest BCUT2D eigenvalue weighted by molar-refractivity contribution is 5.74. The third-order valence-corrected chi connectivity index (χ3v) is 1.27. The van der Waals surface area contributed by atoms with Crippen molar-refractivity contribution in [2.24, 2.45) is 0 Å². The smallest absolute Gasteiger partial charge is 0.193 e. The van der Waals surface area contributed by atoms with Gasteiger partial charge in [0.1, 0.15) is 0 Å². The van der Waals surface area contributed by atoms with Crippen molar-refractivity contribution in [3.63, 3.8) is 0 Å². The molecule has 0 spiro atoms. The molecule has 56 valence electrons. The van der Waals surface area contributed by atoms with E-state index in [1.807, 2.05) is 0 Å². The van der Waals surface area contributed by atoms with Gasteiger partial charge in [-0.15, -0.1) is 0 Å². The van der Waals surface area contributed by atoms with E-state index in [0.717, 1.165) is 5.56 Å². The van der Waals surface area contributed by atoms with E-state index in [2.05, 4.69) is 16.7 Å². The molecule has 0 aliphatic heterocycles. The lowest BCUT2D eigenvalue weighted by molar-refractivity contribution is -0.103. The summed E-state index contributed by atoms with van der Waals surface area (Å²) in [6.45, 7) is 6.69. The third kappa shape index (κ3) is 1.97. The summed E-state index contributed by atoms with van der Waals surface area (Å²) in [7, 11) is 0. The molecule has 0 heterocycles. The van der Waals surface area contributed by atoms with Crippen LogP contribution in [-0.4, -0.2) is 6.29 Å². The maximum Gasteiger partial charge on any atom is 0.193 e. The topological polar surface area (TPSA) is 21.4 Å². The van der Waals surface area contributed by atoms with Crippen LogP contribution in [-0.2, 0) is 4.79 Å². The SMILES string of the molecule is [C-]#[N+]c1ccc(C#CC=O)cc1. The van der Waals surface area contributed by atoms with Crippen LogP contribution in [0.15, 0.2) is 24.3 Å². The van der Waals surface area contributed by atoms with Gasteiger partial charge in [-0.2, -0.15) is 0 Å². The number of carbonyl (C=O) groups is 1. The molecule has 0 fully saturated rings. The van der Waals surface area contributed by atoms with Gasteiger partial charge in [0.05, 0.1) is 6.57 Å². The Labute approximate surface area is 70.7 Å². The van der Waals surface area contributed by atoms with Gasteiger partial charge in [0.25, 0.3) is 0 Å². The van der Waals surface area contributed by atoms with Crippen LogP contribution >= 0.6 is 0 Å². The first kappa shape index (κ1) is 8.04. The predicted molar refractivity (Wildman–Crippen MR) is 45.6 cm³/mol. The Hall–Kier alpha value is -2.06. The van der Waals surface area contributed by atoms with Crippen LogP contribution in [0.2, 0.25) is 0 Å². The van der Waals surface area contributed by atoms with Gasteiger partial charge in [0.2, 0.25) is 0 Å². The zero-order valence-electron chi connectivity index (χ0n) is 6.24. The maximum atomic E-state index is 9.88. The van der Waals surface area contributed by atoms with Gasteiger partial charge < -0.3 is 0 Å². The van der Waals surface area contributed by atoms with E-state index in [0.29, 0.717) is 12.0 Å². The second-order valence-corrected chi connectivity index (χ2v) is 2.05. The van der Waals surface area contributed by atoms with Crippen LogP contribution in [0.4, 0.5) is 5.69 Å². The summed E-state index contributed by atoms with van der Waals surface area (Å²) in [4.78, 5) is 13.1. The third-order valence-electron chi connectivity index (χ3n) is 1.27. The van der Waals surface area contributed by atoms with E-state index in [9.17, 15) is 4.79 Å². The van der Waals surface area contributed by atoms with E-state index in [-0.39, 0.29) is 0 Å². The lowest BCUT2D eigenvalue weighted by Gasteiger charge is -1.88. The van der Waals surface area contributed by atoms with Crippen molar-refractivity contribution in [1.29, 1.82) is 0 Å². The van der Waals surface area contributed by atoms with Gasteiger partial charge in [-0.1, -0.05) is 30.2 Å². The van der Waals surface area contributed by atoms with Gasteiger partial charge >= 0.3 is 0 Å². The van der Waals surface area contributed by atoms with Gasteiger partial charge in [0, 0.05) is 5.56 Å². The van der Waals surface area contributed by atoms with Gasteiger partial charge in [-0.25, -0.2) is 4.85 Å². The molecule has 12 heavy (non-hydrogen) atoms. The number of carbonyl (C=O) groups excluding carboxylic acids is 1. The van der Waals surface area contributed by atoms with Crippen molar-refractivity contribution < 1.29 is 4.79 Å². The predicted octanol–water partition coefficient (Wildman–Crippen LogP) is 1.79. The van der Waals surface area contributed by atoms with Crippen molar-refractivity contribution in [1.82, 2.24) is 0 Å². The molecule has 0 radical (unpaired) electrons. The largest absolute Gasteiger partial charge is 0.289 e. The molecule has 0 aromatic heterocycles. The van der Waals surface area contributed by atoms with Gasteiger partial charge in [-0.05, 0) is 5.92 Å². The summed E-state index contributed by atoms with van der Waals surface area (Å²) in [5, 5.41) is 0. The average molecular weight is 155 g/mol. The Morgan fingerprint density at radius 1 is 1.33 bits per heavy atom. The van der Waals surface area contributed by atoms with Crippen molar-refractivity contribution in [2.45, 2.75) is 0 Å². The Morgan fingerprint density at radius 2 is 2.00 bits per heavy atom.